The molecular formula is C24H29F2N5O2. The highest BCUT2D eigenvalue weighted by atomic mass is 19.3. The fourth-order valence-corrected chi connectivity index (χ4v) is 4.90. The molecule has 1 N–H and O–H groups in total. The number of anilines is 4. The second-order valence-electron chi connectivity index (χ2n) is 8.83. The van der Waals surface area contributed by atoms with Crippen LogP contribution in [0.15, 0.2) is 36.5 Å². The van der Waals surface area contributed by atoms with Crippen molar-refractivity contribution in [2.24, 2.45) is 5.92 Å². The first-order chi connectivity index (χ1) is 16.1. The monoisotopic (exact) mass is 457 g/mol. The first kappa shape index (κ1) is 22.0. The summed E-state index contributed by atoms with van der Waals surface area (Å²) in [5, 5.41) is 3.41. The van der Waals surface area contributed by atoms with E-state index in [2.05, 4.69) is 27.3 Å². The van der Waals surface area contributed by atoms with E-state index < -0.39 is 6.43 Å². The number of piperidine rings is 1. The van der Waals surface area contributed by atoms with E-state index in [1.165, 1.54) is 0 Å². The molecule has 4 heterocycles. The van der Waals surface area contributed by atoms with Crippen LogP contribution in [0.3, 0.4) is 0 Å². The molecule has 1 aromatic heterocycles. The van der Waals surface area contributed by atoms with Crippen LogP contribution in [0.1, 0.15) is 18.4 Å². The summed E-state index contributed by atoms with van der Waals surface area (Å²) < 4.78 is 31.0. The summed E-state index contributed by atoms with van der Waals surface area (Å²) in [5.41, 5.74) is 3.68. The summed E-state index contributed by atoms with van der Waals surface area (Å²) >= 11 is 0. The Morgan fingerprint density at radius 1 is 1.15 bits per heavy atom. The molecule has 1 aromatic carbocycles. The van der Waals surface area contributed by atoms with Crippen LogP contribution >= 0.6 is 0 Å². The standard InChI is InChI=1S/C24H29F2N5O2/c25-22(26)16-29-8-5-17(6-9-29)24(32)31-15-18-2-1-7-27-23(18)28-20-4-3-19(14-21(20)31)30-10-12-33-13-11-30/h1-4,7,14,17,22H,5-6,8-13,15-16H2,(H,27,28). The molecule has 3 aliphatic heterocycles. The zero-order chi connectivity index (χ0) is 22.8. The second-order valence-corrected chi connectivity index (χ2v) is 8.83. The highest BCUT2D eigenvalue weighted by Gasteiger charge is 2.33. The smallest absolute Gasteiger partial charge is 0.251 e. The molecule has 0 spiro atoms. The summed E-state index contributed by atoms with van der Waals surface area (Å²) in [6, 6.07) is 10.0. The van der Waals surface area contributed by atoms with Gasteiger partial charge < -0.3 is 19.9 Å². The van der Waals surface area contributed by atoms with Gasteiger partial charge in [-0.1, -0.05) is 6.07 Å². The minimum Gasteiger partial charge on any atom is -0.378 e. The van der Waals surface area contributed by atoms with Crippen molar-refractivity contribution in [2.75, 3.05) is 61.1 Å². The Labute approximate surface area is 192 Å². The van der Waals surface area contributed by atoms with Gasteiger partial charge in [-0.2, -0.15) is 0 Å². The molecule has 5 rings (SSSR count). The summed E-state index contributed by atoms with van der Waals surface area (Å²) in [7, 11) is 0. The van der Waals surface area contributed by atoms with Crippen molar-refractivity contribution >= 4 is 28.8 Å². The molecule has 9 heteroatoms. The van der Waals surface area contributed by atoms with Crippen LogP contribution in [-0.2, 0) is 16.1 Å². The van der Waals surface area contributed by atoms with Crippen LogP contribution in [0.4, 0.5) is 31.7 Å². The van der Waals surface area contributed by atoms with Crippen LogP contribution in [-0.4, -0.2) is 68.2 Å². The number of carbonyl (C=O) groups is 1. The third kappa shape index (κ3) is 4.79. The molecule has 0 bridgehead atoms. The number of benzene rings is 1. The van der Waals surface area contributed by atoms with E-state index in [1.807, 2.05) is 23.1 Å². The van der Waals surface area contributed by atoms with E-state index in [0.717, 1.165) is 41.5 Å². The number of ether oxygens (including phenoxy) is 1. The number of alkyl halides is 2. The van der Waals surface area contributed by atoms with E-state index in [9.17, 15) is 13.6 Å². The molecule has 2 saturated heterocycles. The molecular weight excluding hydrogens is 428 g/mol. The maximum atomic E-state index is 13.8. The number of likely N-dealkylation sites (tertiary alicyclic amines) is 1. The van der Waals surface area contributed by atoms with Crippen LogP contribution < -0.4 is 15.1 Å². The summed E-state index contributed by atoms with van der Waals surface area (Å²) in [6.45, 7) is 4.23. The lowest BCUT2D eigenvalue weighted by Crippen LogP contribution is -2.43. The summed E-state index contributed by atoms with van der Waals surface area (Å²) in [6.07, 6.45) is 0.578. The van der Waals surface area contributed by atoms with Gasteiger partial charge in [0, 0.05) is 36.5 Å². The van der Waals surface area contributed by atoms with Gasteiger partial charge in [-0.3, -0.25) is 9.69 Å². The van der Waals surface area contributed by atoms with Gasteiger partial charge in [0.15, 0.2) is 0 Å². The maximum absolute atomic E-state index is 13.8. The van der Waals surface area contributed by atoms with Gasteiger partial charge in [-0.25, -0.2) is 13.8 Å². The van der Waals surface area contributed by atoms with Gasteiger partial charge in [-0.05, 0) is 50.2 Å². The molecule has 3 aliphatic rings. The summed E-state index contributed by atoms with van der Waals surface area (Å²) in [4.78, 5) is 24.1. The lowest BCUT2D eigenvalue weighted by atomic mass is 9.94. The van der Waals surface area contributed by atoms with Crippen molar-refractivity contribution in [1.82, 2.24) is 9.88 Å². The van der Waals surface area contributed by atoms with Gasteiger partial charge in [0.25, 0.3) is 6.43 Å². The first-order valence-corrected chi connectivity index (χ1v) is 11.6. The first-order valence-electron chi connectivity index (χ1n) is 11.6. The van der Waals surface area contributed by atoms with E-state index in [0.29, 0.717) is 45.7 Å². The van der Waals surface area contributed by atoms with Crippen molar-refractivity contribution in [3.63, 3.8) is 0 Å². The van der Waals surface area contributed by atoms with Crippen molar-refractivity contribution < 1.29 is 18.3 Å². The Morgan fingerprint density at radius 3 is 2.70 bits per heavy atom. The number of amides is 1. The van der Waals surface area contributed by atoms with Crippen molar-refractivity contribution in [2.45, 2.75) is 25.8 Å². The zero-order valence-electron chi connectivity index (χ0n) is 18.6. The Kier molecular flexibility index (Phi) is 6.41. The normalized spacial score (nSPS) is 19.6. The van der Waals surface area contributed by atoms with E-state index >= 15 is 0 Å². The van der Waals surface area contributed by atoms with Gasteiger partial charge >= 0.3 is 0 Å². The highest BCUT2D eigenvalue weighted by molar-refractivity contribution is 6.00. The van der Waals surface area contributed by atoms with Crippen molar-refractivity contribution in [1.29, 1.82) is 0 Å². The molecule has 0 atom stereocenters. The number of halogens is 2. The maximum Gasteiger partial charge on any atom is 0.251 e. The quantitative estimate of drug-likeness (QED) is 0.759. The minimum atomic E-state index is -2.34. The summed E-state index contributed by atoms with van der Waals surface area (Å²) in [5.74, 6) is 0.613. The lowest BCUT2D eigenvalue weighted by Gasteiger charge is -2.35. The van der Waals surface area contributed by atoms with Crippen LogP contribution in [0.2, 0.25) is 0 Å². The Balaban J connectivity index is 1.43. The Bertz CT molecular complexity index is 991. The third-order valence-corrected chi connectivity index (χ3v) is 6.72. The number of aromatic nitrogens is 1. The molecule has 33 heavy (non-hydrogen) atoms. The average Bonchev–Trinajstić information content (AvgIpc) is 3.00. The van der Waals surface area contributed by atoms with Gasteiger partial charge in [0.2, 0.25) is 5.91 Å². The molecule has 2 aromatic rings. The van der Waals surface area contributed by atoms with Crippen LogP contribution in [0.5, 0.6) is 0 Å². The Morgan fingerprint density at radius 2 is 1.94 bits per heavy atom. The predicted molar refractivity (Wildman–Crippen MR) is 123 cm³/mol. The van der Waals surface area contributed by atoms with Crippen LogP contribution in [0.25, 0.3) is 0 Å². The number of carbonyl (C=O) groups excluding carboxylic acids is 1. The van der Waals surface area contributed by atoms with Crippen molar-refractivity contribution in [3.8, 4) is 0 Å². The van der Waals surface area contributed by atoms with E-state index in [-0.39, 0.29) is 18.4 Å². The molecule has 7 nitrogen and oxygen atoms in total. The predicted octanol–water partition coefficient (Wildman–Crippen LogP) is 3.49. The number of nitrogens with zero attached hydrogens (tertiary/aromatic N) is 4. The molecule has 2 fully saturated rings. The van der Waals surface area contributed by atoms with Crippen molar-refractivity contribution in [3.05, 3.63) is 42.1 Å². The largest absolute Gasteiger partial charge is 0.378 e. The lowest BCUT2D eigenvalue weighted by molar-refractivity contribution is -0.124. The number of nitrogens with one attached hydrogen (secondary N) is 1. The SMILES string of the molecule is O=C(C1CCN(CC(F)F)CC1)N1Cc2cccnc2Nc2ccc(N3CCOCC3)cc21. The number of hydrogen-bond acceptors (Lipinski definition) is 6. The van der Waals surface area contributed by atoms with Gasteiger partial charge in [0.1, 0.15) is 5.82 Å². The van der Waals surface area contributed by atoms with E-state index in [1.54, 1.807) is 11.1 Å². The number of rotatable bonds is 4. The number of fused-ring (bicyclic) bond motifs is 2. The third-order valence-electron chi connectivity index (χ3n) is 6.72. The molecule has 0 radical (unpaired) electrons. The molecule has 0 unspecified atom stereocenters. The number of pyridine rings is 1. The van der Waals surface area contributed by atoms with Gasteiger partial charge in [0.05, 0.1) is 37.7 Å². The molecule has 1 amide bonds. The second kappa shape index (κ2) is 9.61. The zero-order valence-corrected chi connectivity index (χ0v) is 18.6. The topological polar surface area (TPSA) is 60.9 Å². The number of morpholine rings is 1. The fraction of sp³-hybridized carbons (Fsp3) is 0.500. The number of hydrogen-bond donors (Lipinski definition) is 1. The highest BCUT2D eigenvalue weighted by Crippen LogP contribution is 2.39. The van der Waals surface area contributed by atoms with Crippen LogP contribution in [0, 0.1) is 5.92 Å². The van der Waals surface area contributed by atoms with Gasteiger partial charge in [-0.15, -0.1) is 0 Å². The fourth-order valence-electron chi connectivity index (χ4n) is 4.90. The average molecular weight is 458 g/mol. The Hall–Kier alpha value is -2.78. The molecule has 0 aliphatic carbocycles. The molecule has 0 saturated carbocycles. The molecule has 176 valence electrons. The van der Waals surface area contributed by atoms with E-state index in [4.69, 9.17) is 4.74 Å². The minimum absolute atomic E-state index is 0.0468.